The Hall–Kier alpha value is -2.95. The van der Waals surface area contributed by atoms with Gasteiger partial charge in [0.25, 0.3) is 11.8 Å². The van der Waals surface area contributed by atoms with Crippen molar-refractivity contribution in [3.05, 3.63) is 59.4 Å². The van der Waals surface area contributed by atoms with Gasteiger partial charge in [-0.1, -0.05) is 6.07 Å². The van der Waals surface area contributed by atoms with E-state index < -0.39 is 39.1 Å². The molecule has 11 heteroatoms. The molecule has 1 aromatic heterocycles. The molecule has 2 rings (SSSR count). The number of alkyl halides is 3. The van der Waals surface area contributed by atoms with E-state index in [4.69, 9.17) is 0 Å². The molecule has 0 aliphatic rings. The summed E-state index contributed by atoms with van der Waals surface area (Å²) in [5.74, 6) is -2.18. The highest BCUT2D eigenvalue weighted by Crippen LogP contribution is 2.30. The summed E-state index contributed by atoms with van der Waals surface area (Å²) in [6.45, 7) is 0. The predicted octanol–water partition coefficient (Wildman–Crippen LogP) is 1.58. The van der Waals surface area contributed by atoms with E-state index in [-0.39, 0.29) is 10.5 Å². The largest absolute Gasteiger partial charge is 0.418 e. The van der Waals surface area contributed by atoms with Crippen molar-refractivity contribution in [1.29, 1.82) is 0 Å². The lowest BCUT2D eigenvalue weighted by Gasteiger charge is -2.12. The molecule has 0 saturated heterocycles. The lowest BCUT2D eigenvalue weighted by Crippen LogP contribution is -2.42. The van der Waals surface area contributed by atoms with Crippen molar-refractivity contribution in [2.24, 2.45) is 0 Å². The first-order valence-corrected chi connectivity index (χ1v) is 8.82. The van der Waals surface area contributed by atoms with Gasteiger partial charge in [0.05, 0.1) is 10.5 Å². The van der Waals surface area contributed by atoms with Gasteiger partial charge in [-0.25, -0.2) is 8.42 Å². The number of rotatable bonds is 3. The quantitative estimate of drug-likeness (QED) is 0.778. The van der Waals surface area contributed by atoms with Gasteiger partial charge in [0, 0.05) is 18.0 Å². The van der Waals surface area contributed by atoms with E-state index in [1.807, 2.05) is 10.9 Å². The molecule has 1 heterocycles. The maximum atomic E-state index is 12.9. The van der Waals surface area contributed by atoms with Gasteiger partial charge < -0.3 is 0 Å². The highest BCUT2D eigenvalue weighted by Gasteiger charge is 2.36. The van der Waals surface area contributed by atoms with Crippen LogP contribution in [0.1, 0.15) is 26.4 Å². The van der Waals surface area contributed by atoms with Gasteiger partial charge in [0.1, 0.15) is 5.69 Å². The average molecular weight is 387 g/mol. The summed E-state index contributed by atoms with van der Waals surface area (Å²) in [4.78, 5) is 27.1. The van der Waals surface area contributed by atoms with Crippen molar-refractivity contribution in [2.75, 3.05) is 6.26 Å². The van der Waals surface area contributed by atoms with E-state index >= 15 is 0 Å². The first kappa shape index (κ1) is 19.4. The summed E-state index contributed by atoms with van der Waals surface area (Å²) in [5.41, 5.74) is 1.45. The number of sulfone groups is 1. The van der Waals surface area contributed by atoms with Crippen molar-refractivity contribution in [2.45, 2.75) is 11.1 Å². The molecule has 2 aromatic rings. The van der Waals surface area contributed by atoms with Gasteiger partial charge in [0.2, 0.25) is 0 Å². The van der Waals surface area contributed by atoms with Crippen molar-refractivity contribution >= 4 is 21.7 Å². The zero-order valence-corrected chi connectivity index (χ0v) is 14.0. The number of nitrogens with one attached hydrogen (secondary N) is 2. The number of halogens is 3. The second-order valence-corrected chi connectivity index (χ2v) is 7.12. The van der Waals surface area contributed by atoms with Gasteiger partial charge in [0.15, 0.2) is 9.84 Å². The third-order valence-corrected chi connectivity index (χ3v) is 4.25. The SMILES string of the molecule is CS(=O)(=O)c1cccc(C(=O)NNC(=O)c2ncccc2C(F)(F)F)c1. The Balaban J connectivity index is 2.15. The number of aromatic nitrogens is 1. The zero-order valence-electron chi connectivity index (χ0n) is 13.2. The molecule has 138 valence electrons. The molecule has 7 nitrogen and oxygen atoms in total. The molecule has 0 atom stereocenters. The van der Waals surface area contributed by atoms with Crippen molar-refractivity contribution in [3.8, 4) is 0 Å². The summed E-state index contributed by atoms with van der Waals surface area (Å²) in [5, 5.41) is 0. The molecule has 2 amide bonds. The standard InChI is InChI=1S/C15H12F3N3O4S/c1-26(24,25)10-5-2-4-9(8-10)13(22)20-21-14(23)12-11(15(16,17)18)6-3-7-19-12/h2-8H,1H3,(H,20,22)(H,21,23). The highest BCUT2D eigenvalue weighted by molar-refractivity contribution is 7.90. The second kappa shape index (κ2) is 7.12. The molecule has 0 fully saturated rings. The first-order chi connectivity index (χ1) is 12.0. The van der Waals surface area contributed by atoms with Crippen LogP contribution < -0.4 is 10.9 Å². The monoisotopic (exact) mass is 387 g/mol. The van der Waals surface area contributed by atoms with Crippen LogP contribution in [0.25, 0.3) is 0 Å². The van der Waals surface area contributed by atoms with Crippen LogP contribution in [0.3, 0.4) is 0 Å². The first-order valence-electron chi connectivity index (χ1n) is 6.93. The Morgan fingerprint density at radius 2 is 1.69 bits per heavy atom. The van der Waals surface area contributed by atoms with Crippen LogP contribution in [0, 0.1) is 0 Å². The molecule has 26 heavy (non-hydrogen) atoms. The van der Waals surface area contributed by atoms with Crippen LogP contribution in [0.4, 0.5) is 13.2 Å². The van der Waals surface area contributed by atoms with Gasteiger partial charge in [-0.15, -0.1) is 0 Å². The molecule has 0 aliphatic carbocycles. The summed E-state index contributed by atoms with van der Waals surface area (Å²) < 4.78 is 61.5. The second-order valence-electron chi connectivity index (χ2n) is 5.11. The van der Waals surface area contributed by atoms with E-state index in [0.717, 1.165) is 24.6 Å². The minimum absolute atomic E-state index is 0.106. The van der Waals surface area contributed by atoms with E-state index in [1.54, 1.807) is 0 Å². The molecule has 0 bridgehead atoms. The molecule has 0 unspecified atom stereocenters. The number of hydrogen-bond acceptors (Lipinski definition) is 5. The molecule has 2 N–H and O–H groups in total. The number of hydrazine groups is 1. The number of carbonyl (C=O) groups is 2. The Labute approximate surface area is 146 Å². The molecular formula is C15H12F3N3O4S. The molecule has 1 aromatic carbocycles. The minimum Gasteiger partial charge on any atom is -0.267 e. The smallest absolute Gasteiger partial charge is 0.267 e. The lowest BCUT2D eigenvalue weighted by molar-refractivity contribution is -0.138. The fourth-order valence-corrected chi connectivity index (χ4v) is 2.59. The fourth-order valence-electron chi connectivity index (χ4n) is 1.93. The Bertz CT molecular complexity index is 959. The maximum Gasteiger partial charge on any atom is 0.418 e. The molecule has 0 saturated carbocycles. The number of amides is 2. The number of hydrogen-bond donors (Lipinski definition) is 2. The van der Waals surface area contributed by atoms with Crippen LogP contribution in [0.2, 0.25) is 0 Å². The van der Waals surface area contributed by atoms with Gasteiger partial charge in [-0.3, -0.25) is 25.4 Å². The van der Waals surface area contributed by atoms with Crippen molar-refractivity contribution < 1.29 is 31.2 Å². The molecular weight excluding hydrogens is 375 g/mol. The Morgan fingerprint density at radius 1 is 1.04 bits per heavy atom. The summed E-state index contributed by atoms with van der Waals surface area (Å²) in [6, 6.07) is 6.63. The normalized spacial score (nSPS) is 11.7. The van der Waals surface area contributed by atoms with E-state index in [2.05, 4.69) is 4.98 Å². The number of carbonyl (C=O) groups excluding carboxylic acids is 2. The average Bonchev–Trinajstić information content (AvgIpc) is 2.58. The Kier molecular flexibility index (Phi) is 5.30. The van der Waals surface area contributed by atoms with E-state index in [9.17, 15) is 31.2 Å². The van der Waals surface area contributed by atoms with Crippen LogP contribution in [-0.2, 0) is 16.0 Å². The van der Waals surface area contributed by atoms with Crippen LogP contribution >= 0.6 is 0 Å². The van der Waals surface area contributed by atoms with E-state index in [1.165, 1.54) is 18.2 Å². The van der Waals surface area contributed by atoms with Gasteiger partial charge in [-0.2, -0.15) is 13.2 Å². The fraction of sp³-hybridized carbons (Fsp3) is 0.133. The number of pyridine rings is 1. The topological polar surface area (TPSA) is 105 Å². The summed E-state index contributed by atoms with van der Waals surface area (Å²) in [7, 11) is -3.56. The lowest BCUT2D eigenvalue weighted by atomic mass is 10.2. The van der Waals surface area contributed by atoms with Crippen molar-refractivity contribution in [3.63, 3.8) is 0 Å². The number of benzene rings is 1. The van der Waals surface area contributed by atoms with Gasteiger partial charge in [-0.05, 0) is 30.3 Å². The van der Waals surface area contributed by atoms with Crippen LogP contribution in [0.15, 0.2) is 47.5 Å². The molecule has 0 radical (unpaired) electrons. The Morgan fingerprint density at radius 3 is 2.31 bits per heavy atom. The molecule has 0 aliphatic heterocycles. The van der Waals surface area contributed by atoms with Crippen molar-refractivity contribution in [1.82, 2.24) is 15.8 Å². The highest BCUT2D eigenvalue weighted by atomic mass is 32.2. The van der Waals surface area contributed by atoms with Crippen LogP contribution in [-0.4, -0.2) is 31.5 Å². The maximum absolute atomic E-state index is 12.9. The van der Waals surface area contributed by atoms with Crippen LogP contribution in [0.5, 0.6) is 0 Å². The summed E-state index contributed by atoms with van der Waals surface area (Å²) in [6.07, 6.45) is -2.85. The zero-order chi connectivity index (χ0) is 19.5. The molecule has 0 spiro atoms. The predicted molar refractivity (Wildman–Crippen MR) is 83.7 cm³/mol. The number of nitrogens with zero attached hydrogens (tertiary/aromatic N) is 1. The van der Waals surface area contributed by atoms with E-state index in [0.29, 0.717) is 6.07 Å². The van der Waals surface area contributed by atoms with Gasteiger partial charge >= 0.3 is 6.18 Å². The summed E-state index contributed by atoms with van der Waals surface area (Å²) >= 11 is 0. The third kappa shape index (κ3) is 4.57. The third-order valence-electron chi connectivity index (χ3n) is 3.14. The minimum atomic E-state index is -4.80.